The summed E-state index contributed by atoms with van der Waals surface area (Å²) in [4.78, 5) is 44.1. The average Bonchev–Trinajstić information content (AvgIpc) is 3.79. The molecule has 1 aliphatic heterocycles. The van der Waals surface area contributed by atoms with Gasteiger partial charge in [-0.1, -0.05) is 12.1 Å². The Morgan fingerprint density at radius 2 is 1.54 bits per heavy atom. The van der Waals surface area contributed by atoms with Gasteiger partial charge in [-0.05, 0) is 50.7 Å². The molecule has 0 atom stereocenters. The number of benzene rings is 2. The number of hydrogen-bond donors (Lipinski definition) is 3. The molecule has 2 aliphatic carbocycles. The SMILES string of the molecule is C1CCOC1.NC1CC1.O=C(Nc1cccc([N+](=O)[O-])c1)NC1CC1.O=C=Nc1cccc([N+](=O)[O-])c1. The summed E-state index contributed by atoms with van der Waals surface area (Å²) < 4.78 is 4.94. The van der Waals surface area contributed by atoms with E-state index in [1.165, 1.54) is 74.2 Å². The molecular weight excluding hydrogens is 484 g/mol. The molecule has 3 aliphatic rings. The van der Waals surface area contributed by atoms with Crippen molar-refractivity contribution in [3.05, 3.63) is 68.8 Å². The largest absolute Gasteiger partial charge is 0.381 e. The number of carbonyl (C=O) groups excluding carboxylic acids is 2. The Hall–Kier alpha value is -4.19. The summed E-state index contributed by atoms with van der Waals surface area (Å²) in [7, 11) is 0. The van der Waals surface area contributed by atoms with Crippen molar-refractivity contribution in [1.82, 2.24) is 5.32 Å². The molecule has 2 saturated carbocycles. The summed E-state index contributed by atoms with van der Waals surface area (Å²) in [5, 5.41) is 26.0. The number of rotatable bonds is 5. The molecule has 2 aromatic carbocycles. The van der Waals surface area contributed by atoms with Crippen molar-refractivity contribution < 1.29 is 24.2 Å². The van der Waals surface area contributed by atoms with Crippen LogP contribution >= 0.6 is 0 Å². The number of nitrogens with zero attached hydrogens (tertiary/aromatic N) is 3. The molecule has 0 unspecified atom stereocenters. The van der Waals surface area contributed by atoms with Crippen molar-refractivity contribution in [3.8, 4) is 0 Å². The van der Waals surface area contributed by atoms with Crippen LogP contribution in [-0.4, -0.2) is 47.3 Å². The van der Waals surface area contributed by atoms with Crippen LogP contribution in [0.2, 0.25) is 0 Å². The van der Waals surface area contributed by atoms with E-state index in [4.69, 9.17) is 10.5 Å². The normalized spacial score (nSPS) is 15.1. The molecule has 3 fully saturated rings. The molecular formula is C24H30N6O7. The maximum Gasteiger partial charge on any atom is 0.319 e. The van der Waals surface area contributed by atoms with E-state index in [0.717, 1.165) is 26.1 Å². The first kappa shape index (κ1) is 29.0. The van der Waals surface area contributed by atoms with E-state index in [9.17, 15) is 29.8 Å². The van der Waals surface area contributed by atoms with Crippen LogP contribution in [0.5, 0.6) is 0 Å². The minimum atomic E-state index is -0.552. The minimum absolute atomic E-state index is 0.0378. The molecule has 13 heteroatoms. The van der Waals surface area contributed by atoms with E-state index in [1.54, 1.807) is 6.07 Å². The van der Waals surface area contributed by atoms with Gasteiger partial charge in [-0.15, -0.1) is 0 Å². The van der Waals surface area contributed by atoms with E-state index in [-0.39, 0.29) is 29.1 Å². The molecule has 1 saturated heterocycles. The fourth-order valence-electron chi connectivity index (χ4n) is 2.61. The minimum Gasteiger partial charge on any atom is -0.381 e. The van der Waals surface area contributed by atoms with Crippen LogP contribution in [0.25, 0.3) is 0 Å². The molecule has 0 radical (unpaired) electrons. The van der Waals surface area contributed by atoms with Crippen LogP contribution in [-0.2, 0) is 9.53 Å². The number of anilines is 1. The third-order valence-electron chi connectivity index (χ3n) is 4.89. The standard InChI is InChI=1S/C10H11N3O3.C7H4N2O3.C4H8O.C3H7N/c14-10(11-7-4-5-7)12-8-2-1-3-9(6-8)13(15)16;10-5-8-6-2-1-3-7(4-6)9(11)12;1-2-4-5-3-1;4-3-1-2-3/h1-3,6-7H,4-5H2,(H2,11,12,14);1-4H;1-4H2;3H,1-2,4H2. The number of ether oxygens (including phenoxy) is 1. The van der Waals surface area contributed by atoms with Crippen LogP contribution in [0, 0.1) is 20.2 Å². The zero-order valence-corrected chi connectivity index (χ0v) is 20.2. The number of amides is 2. The maximum atomic E-state index is 11.4. The van der Waals surface area contributed by atoms with Gasteiger partial charge in [-0.25, -0.2) is 9.59 Å². The van der Waals surface area contributed by atoms with Crippen molar-refractivity contribution in [2.75, 3.05) is 18.5 Å². The van der Waals surface area contributed by atoms with E-state index in [2.05, 4.69) is 15.6 Å². The summed E-state index contributed by atoms with van der Waals surface area (Å²) >= 11 is 0. The van der Waals surface area contributed by atoms with Crippen molar-refractivity contribution in [2.45, 2.75) is 50.6 Å². The number of isocyanates is 1. The van der Waals surface area contributed by atoms with E-state index < -0.39 is 9.85 Å². The lowest BCUT2D eigenvalue weighted by atomic mass is 10.3. The zero-order valence-electron chi connectivity index (χ0n) is 20.2. The quantitative estimate of drug-likeness (QED) is 0.227. The number of nitro groups is 2. The molecule has 0 aromatic heterocycles. The highest BCUT2D eigenvalue weighted by Crippen LogP contribution is 2.20. The molecule has 1 heterocycles. The monoisotopic (exact) mass is 514 g/mol. The Bertz CT molecular complexity index is 1070. The second-order valence-corrected chi connectivity index (χ2v) is 8.32. The summed E-state index contributed by atoms with van der Waals surface area (Å²) in [5.74, 6) is 0. The Morgan fingerprint density at radius 3 is 2.00 bits per heavy atom. The molecule has 13 nitrogen and oxygen atoms in total. The lowest BCUT2D eigenvalue weighted by molar-refractivity contribution is -0.385. The molecule has 37 heavy (non-hydrogen) atoms. The second-order valence-electron chi connectivity index (χ2n) is 8.32. The molecule has 4 N–H and O–H groups in total. The van der Waals surface area contributed by atoms with Gasteiger partial charge in [0, 0.05) is 55.3 Å². The highest BCUT2D eigenvalue weighted by molar-refractivity contribution is 5.89. The Balaban J connectivity index is 0.000000198. The highest BCUT2D eigenvalue weighted by atomic mass is 16.6. The number of urea groups is 1. The predicted molar refractivity (Wildman–Crippen MR) is 136 cm³/mol. The number of nitrogens with two attached hydrogens (primary N) is 1. The van der Waals surface area contributed by atoms with Crippen molar-refractivity contribution in [2.24, 2.45) is 10.7 Å². The third kappa shape index (κ3) is 13.5. The molecule has 198 valence electrons. The smallest absolute Gasteiger partial charge is 0.319 e. The lowest BCUT2D eigenvalue weighted by Crippen LogP contribution is -2.30. The zero-order chi connectivity index (χ0) is 27.0. The Morgan fingerprint density at radius 1 is 0.973 bits per heavy atom. The van der Waals surface area contributed by atoms with Gasteiger partial charge in [-0.2, -0.15) is 4.99 Å². The van der Waals surface area contributed by atoms with Crippen molar-refractivity contribution in [1.29, 1.82) is 0 Å². The molecule has 5 rings (SSSR count). The number of aliphatic imine (C=N–C) groups is 1. The molecule has 2 amide bonds. The van der Waals surface area contributed by atoms with Crippen LogP contribution in [0.1, 0.15) is 38.5 Å². The Kier molecular flexibility index (Phi) is 12.3. The van der Waals surface area contributed by atoms with Gasteiger partial charge in [0.05, 0.1) is 15.5 Å². The summed E-state index contributed by atoms with van der Waals surface area (Å²) in [6.45, 7) is 2.00. The first-order valence-electron chi connectivity index (χ1n) is 11.8. The number of non-ortho nitro benzene ring substituents is 2. The summed E-state index contributed by atoms with van der Waals surface area (Å²) in [5.41, 5.74) is 5.75. The second kappa shape index (κ2) is 15.7. The predicted octanol–water partition coefficient (Wildman–Crippen LogP) is 4.35. The number of nitrogens with one attached hydrogen (secondary N) is 2. The van der Waals surface area contributed by atoms with E-state index in [0.29, 0.717) is 11.7 Å². The van der Waals surface area contributed by atoms with Gasteiger partial charge in [0.1, 0.15) is 0 Å². The van der Waals surface area contributed by atoms with Crippen molar-refractivity contribution in [3.63, 3.8) is 0 Å². The van der Waals surface area contributed by atoms with E-state index in [1.807, 2.05) is 0 Å². The van der Waals surface area contributed by atoms with Gasteiger partial charge >= 0.3 is 6.03 Å². The van der Waals surface area contributed by atoms with Crippen LogP contribution in [0.15, 0.2) is 53.5 Å². The topological polar surface area (TPSA) is 192 Å². The van der Waals surface area contributed by atoms with Gasteiger partial charge in [0.15, 0.2) is 0 Å². The third-order valence-corrected chi connectivity index (χ3v) is 4.89. The summed E-state index contributed by atoms with van der Waals surface area (Å²) in [6.07, 6.45) is 8.39. The summed E-state index contributed by atoms with van der Waals surface area (Å²) in [6, 6.07) is 11.8. The fraction of sp³-hybridized carbons (Fsp3) is 0.417. The lowest BCUT2D eigenvalue weighted by Gasteiger charge is -2.05. The fourth-order valence-corrected chi connectivity index (χ4v) is 2.61. The highest BCUT2D eigenvalue weighted by Gasteiger charge is 2.23. The maximum absolute atomic E-state index is 11.4. The van der Waals surface area contributed by atoms with Crippen molar-refractivity contribution >= 4 is 34.9 Å². The van der Waals surface area contributed by atoms with Gasteiger partial charge in [0.25, 0.3) is 11.4 Å². The Labute approximate surface area is 213 Å². The first-order valence-corrected chi connectivity index (χ1v) is 11.8. The van der Waals surface area contributed by atoms with Crippen LogP contribution in [0.3, 0.4) is 0 Å². The molecule has 0 bridgehead atoms. The molecule has 2 aromatic rings. The van der Waals surface area contributed by atoms with Gasteiger partial charge < -0.3 is 21.1 Å². The van der Waals surface area contributed by atoms with Crippen LogP contribution in [0.4, 0.5) is 27.5 Å². The average molecular weight is 515 g/mol. The van der Waals surface area contributed by atoms with E-state index >= 15 is 0 Å². The van der Waals surface area contributed by atoms with Gasteiger partial charge in [-0.3, -0.25) is 20.2 Å². The number of hydrogen-bond acceptors (Lipinski definition) is 9. The first-order chi connectivity index (χ1) is 17.8. The number of carbonyl (C=O) groups is 1. The van der Waals surface area contributed by atoms with Gasteiger partial charge in [0.2, 0.25) is 6.08 Å². The van der Waals surface area contributed by atoms with Crippen LogP contribution < -0.4 is 16.4 Å². The number of nitro benzene ring substituents is 2. The molecule has 0 spiro atoms.